The van der Waals surface area contributed by atoms with Crippen molar-refractivity contribution >= 4 is 35.8 Å². The van der Waals surface area contributed by atoms with Gasteiger partial charge in [-0.3, -0.25) is 9.79 Å². The number of benzene rings is 1. The van der Waals surface area contributed by atoms with Gasteiger partial charge in [0.15, 0.2) is 5.96 Å². The number of aliphatic imine (C=N–C) groups is 1. The first kappa shape index (κ1) is 24.7. The van der Waals surface area contributed by atoms with Crippen molar-refractivity contribution in [3.8, 4) is 0 Å². The lowest BCUT2D eigenvalue weighted by molar-refractivity contribution is -0.125. The predicted molar refractivity (Wildman–Crippen MR) is 121 cm³/mol. The molecule has 0 aliphatic rings. The van der Waals surface area contributed by atoms with Crippen LogP contribution >= 0.6 is 24.0 Å². The van der Waals surface area contributed by atoms with E-state index >= 15 is 0 Å². The summed E-state index contributed by atoms with van der Waals surface area (Å²) in [6.07, 6.45) is 1.05. The third-order valence-electron chi connectivity index (χ3n) is 4.49. The zero-order valence-corrected chi connectivity index (χ0v) is 19.3. The van der Waals surface area contributed by atoms with Crippen molar-refractivity contribution < 1.29 is 4.79 Å². The number of guanidine groups is 1. The van der Waals surface area contributed by atoms with Crippen molar-refractivity contribution in [2.75, 3.05) is 19.6 Å². The van der Waals surface area contributed by atoms with Crippen LogP contribution in [0.4, 0.5) is 0 Å². The van der Waals surface area contributed by atoms with Crippen molar-refractivity contribution in [2.24, 2.45) is 16.1 Å². The number of nitrogens with two attached hydrogens (primary N) is 1. The molecule has 1 rings (SSSR count). The number of nitrogens with one attached hydrogen (secondary N) is 2. The number of rotatable bonds is 8. The lowest BCUT2D eigenvalue weighted by atomic mass is 9.84. The van der Waals surface area contributed by atoms with E-state index in [-0.39, 0.29) is 35.3 Å². The summed E-state index contributed by atoms with van der Waals surface area (Å²) in [5, 5.41) is 6.61. The highest BCUT2D eigenvalue weighted by molar-refractivity contribution is 14.0. The highest BCUT2D eigenvalue weighted by Gasteiger charge is 2.25. The molecule has 26 heavy (non-hydrogen) atoms. The normalized spacial score (nSPS) is 12.3. The van der Waals surface area contributed by atoms with Crippen molar-refractivity contribution in [1.82, 2.24) is 10.6 Å². The molecule has 0 saturated carbocycles. The van der Waals surface area contributed by atoms with Crippen LogP contribution in [0.25, 0.3) is 0 Å². The Balaban J connectivity index is 0.00000625. The Morgan fingerprint density at radius 3 is 2.12 bits per heavy atom. The summed E-state index contributed by atoms with van der Waals surface area (Å²) < 4.78 is 0. The quantitative estimate of drug-likeness (QED) is 0.308. The van der Waals surface area contributed by atoms with Crippen LogP contribution in [-0.2, 0) is 16.6 Å². The lowest BCUT2D eigenvalue weighted by Crippen LogP contribution is -2.44. The second kappa shape index (κ2) is 10.7. The molecule has 0 aliphatic carbocycles. The van der Waals surface area contributed by atoms with Gasteiger partial charge < -0.3 is 16.4 Å². The van der Waals surface area contributed by atoms with Crippen molar-refractivity contribution in [3.05, 3.63) is 35.4 Å². The number of primary amides is 1. The van der Waals surface area contributed by atoms with Crippen LogP contribution in [0.15, 0.2) is 29.3 Å². The van der Waals surface area contributed by atoms with Gasteiger partial charge in [0.25, 0.3) is 0 Å². The molecule has 6 heteroatoms. The third-order valence-corrected chi connectivity index (χ3v) is 4.49. The average molecular weight is 474 g/mol. The van der Waals surface area contributed by atoms with Gasteiger partial charge in [-0.1, -0.05) is 45.0 Å². The summed E-state index contributed by atoms with van der Waals surface area (Å²) >= 11 is 0. The molecule has 1 amide bonds. The standard InChI is InChI=1S/C20H34N4O.HI/c1-7-15-9-11-16(12-10-15)19(3,4)13-23-18(22-8-2)24-14-20(5,6)17(21)25;/h9-12H,7-8,13-14H2,1-6H3,(H2,21,25)(H2,22,23,24);1H. The Morgan fingerprint density at radius 2 is 1.65 bits per heavy atom. The van der Waals surface area contributed by atoms with Crippen molar-refractivity contribution in [3.63, 3.8) is 0 Å². The number of aryl methyl sites for hydroxylation is 1. The number of halogens is 1. The third kappa shape index (κ3) is 7.51. The molecule has 0 aromatic heterocycles. The molecule has 148 valence electrons. The molecule has 0 fully saturated rings. The van der Waals surface area contributed by atoms with E-state index in [4.69, 9.17) is 5.73 Å². The van der Waals surface area contributed by atoms with Crippen LogP contribution in [0.5, 0.6) is 0 Å². The topological polar surface area (TPSA) is 79.5 Å². The largest absolute Gasteiger partial charge is 0.369 e. The minimum absolute atomic E-state index is 0. The van der Waals surface area contributed by atoms with E-state index in [2.05, 4.69) is 60.7 Å². The van der Waals surface area contributed by atoms with Gasteiger partial charge in [-0.2, -0.15) is 0 Å². The van der Waals surface area contributed by atoms with E-state index in [1.807, 2.05) is 20.8 Å². The maximum absolute atomic E-state index is 11.5. The maximum Gasteiger partial charge on any atom is 0.224 e. The molecule has 0 spiro atoms. The summed E-state index contributed by atoms with van der Waals surface area (Å²) in [5.41, 5.74) is 7.35. The second-order valence-electron chi connectivity index (χ2n) is 7.73. The fourth-order valence-electron chi connectivity index (χ4n) is 2.29. The van der Waals surface area contributed by atoms with E-state index in [1.54, 1.807) is 0 Å². The zero-order valence-electron chi connectivity index (χ0n) is 17.0. The smallest absolute Gasteiger partial charge is 0.224 e. The SMILES string of the molecule is CCNC(=NCC(C)(C)C(N)=O)NCC(C)(C)c1ccc(CC)cc1.I. The van der Waals surface area contributed by atoms with Gasteiger partial charge in [0, 0.05) is 18.5 Å². The fourth-order valence-corrected chi connectivity index (χ4v) is 2.29. The molecular weight excluding hydrogens is 439 g/mol. The first-order valence-electron chi connectivity index (χ1n) is 9.04. The molecule has 1 aromatic carbocycles. The van der Waals surface area contributed by atoms with Crippen molar-refractivity contribution in [2.45, 2.75) is 53.4 Å². The van der Waals surface area contributed by atoms with Crippen LogP contribution in [0.1, 0.15) is 52.7 Å². The molecule has 0 unspecified atom stereocenters. The van der Waals surface area contributed by atoms with Gasteiger partial charge >= 0.3 is 0 Å². The minimum atomic E-state index is -0.659. The fraction of sp³-hybridized carbons (Fsp3) is 0.600. The number of hydrogen-bond acceptors (Lipinski definition) is 2. The van der Waals surface area contributed by atoms with E-state index in [0.29, 0.717) is 12.5 Å². The molecule has 5 nitrogen and oxygen atoms in total. The Bertz CT molecular complexity index is 594. The molecule has 4 N–H and O–H groups in total. The maximum atomic E-state index is 11.5. The van der Waals surface area contributed by atoms with Gasteiger partial charge in [-0.15, -0.1) is 24.0 Å². The Labute approximate surface area is 175 Å². The molecular formula is C20H35IN4O. The van der Waals surface area contributed by atoms with Crippen LogP contribution in [0.2, 0.25) is 0 Å². The predicted octanol–water partition coefficient (Wildman–Crippen LogP) is 3.21. The Morgan fingerprint density at radius 1 is 1.08 bits per heavy atom. The molecule has 0 heterocycles. The van der Waals surface area contributed by atoms with Crippen LogP contribution in [0, 0.1) is 5.41 Å². The van der Waals surface area contributed by atoms with Crippen LogP contribution in [0.3, 0.4) is 0 Å². The van der Waals surface area contributed by atoms with Gasteiger partial charge in [-0.05, 0) is 38.3 Å². The van der Waals surface area contributed by atoms with Crippen LogP contribution in [-0.4, -0.2) is 31.5 Å². The molecule has 0 radical (unpaired) electrons. The summed E-state index contributed by atoms with van der Waals surface area (Å²) in [4.78, 5) is 16.0. The van der Waals surface area contributed by atoms with Gasteiger partial charge in [-0.25, -0.2) is 0 Å². The van der Waals surface area contributed by atoms with E-state index in [9.17, 15) is 4.79 Å². The highest BCUT2D eigenvalue weighted by atomic mass is 127. The molecule has 0 atom stereocenters. The first-order chi connectivity index (χ1) is 11.6. The number of nitrogens with zero attached hydrogens (tertiary/aromatic N) is 1. The van der Waals surface area contributed by atoms with E-state index in [0.717, 1.165) is 19.5 Å². The summed E-state index contributed by atoms with van der Waals surface area (Å²) in [7, 11) is 0. The second-order valence-corrected chi connectivity index (χ2v) is 7.73. The number of amides is 1. The van der Waals surface area contributed by atoms with Gasteiger partial charge in [0.05, 0.1) is 12.0 Å². The average Bonchev–Trinajstić information content (AvgIpc) is 2.57. The van der Waals surface area contributed by atoms with Gasteiger partial charge in [0.1, 0.15) is 0 Å². The number of carbonyl (C=O) groups is 1. The first-order valence-corrected chi connectivity index (χ1v) is 9.04. The summed E-state index contributed by atoms with van der Waals surface area (Å²) in [6, 6.07) is 8.76. The zero-order chi connectivity index (χ0) is 19.1. The summed E-state index contributed by atoms with van der Waals surface area (Å²) in [5.74, 6) is 0.360. The van der Waals surface area contributed by atoms with Crippen LogP contribution < -0.4 is 16.4 Å². The molecule has 1 aromatic rings. The highest BCUT2D eigenvalue weighted by Crippen LogP contribution is 2.23. The van der Waals surface area contributed by atoms with Gasteiger partial charge in [0.2, 0.25) is 5.91 Å². The Hall–Kier alpha value is -1.31. The summed E-state index contributed by atoms with van der Waals surface area (Å²) in [6.45, 7) is 14.1. The molecule has 0 saturated heterocycles. The Kier molecular flexibility index (Phi) is 10.2. The lowest BCUT2D eigenvalue weighted by Gasteiger charge is -2.27. The van der Waals surface area contributed by atoms with Crippen molar-refractivity contribution in [1.29, 1.82) is 0 Å². The number of hydrogen-bond donors (Lipinski definition) is 3. The monoisotopic (exact) mass is 474 g/mol. The number of carbonyl (C=O) groups excluding carboxylic acids is 1. The molecule has 0 aliphatic heterocycles. The van der Waals surface area contributed by atoms with E-state index in [1.165, 1.54) is 11.1 Å². The minimum Gasteiger partial charge on any atom is -0.369 e. The van der Waals surface area contributed by atoms with E-state index < -0.39 is 5.41 Å². The molecule has 0 bridgehead atoms.